The third kappa shape index (κ3) is 5.03. The van der Waals surface area contributed by atoms with Crippen LogP contribution in [0.3, 0.4) is 0 Å². The molecule has 0 radical (unpaired) electrons. The average Bonchev–Trinajstić information content (AvgIpc) is 2.81. The first-order valence-corrected chi connectivity index (χ1v) is 11.6. The summed E-state index contributed by atoms with van der Waals surface area (Å²) in [5.41, 5.74) is 2.07. The number of fused-ring (bicyclic) bond motifs is 1. The second-order valence-electron chi connectivity index (χ2n) is 10.1. The molecule has 0 aliphatic rings. The lowest BCUT2D eigenvalue weighted by atomic mass is 9.82. The van der Waals surface area contributed by atoms with Gasteiger partial charge in [0.2, 0.25) is 0 Å². The summed E-state index contributed by atoms with van der Waals surface area (Å²) in [6.45, 7) is 10.0. The molecule has 1 aromatic heterocycles. The summed E-state index contributed by atoms with van der Waals surface area (Å²) in [6, 6.07) is 20.2. The zero-order chi connectivity index (χ0) is 25.4. The number of nitrogens with zero attached hydrogens (tertiary/aromatic N) is 1. The van der Waals surface area contributed by atoms with Crippen molar-refractivity contribution < 1.29 is 14.4 Å². The highest BCUT2D eigenvalue weighted by Gasteiger charge is 2.38. The van der Waals surface area contributed by atoms with Crippen LogP contribution in [0.25, 0.3) is 10.8 Å². The summed E-state index contributed by atoms with van der Waals surface area (Å²) in [7, 11) is 0. The van der Waals surface area contributed by atoms with E-state index in [1.165, 1.54) is 0 Å². The van der Waals surface area contributed by atoms with Crippen molar-refractivity contribution in [2.45, 2.75) is 52.1 Å². The van der Waals surface area contributed by atoms with E-state index in [1.54, 1.807) is 25.1 Å². The quantitative estimate of drug-likeness (QED) is 0.420. The summed E-state index contributed by atoms with van der Waals surface area (Å²) >= 11 is 0. The summed E-state index contributed by atoms with van der Waals surface area (Å²) < 4.78 is 4.78. The number of rotatable bonds is 5. The van der Waals surface area contributed by atoms with Crippen LogP contribution in [0.1, 0.15) is 48.7 Å². The number of benzene rings is 3. The molecule has 6 heteroatoms. The van der Waals surface area contributed by atoms with E-state index in [0.717, 1.165) is 16.7 Å². The monoisotopic (exact) mass is 470 g/mol. The Morgan fingerprint density at radius 1 is 0.943 bits per heavy atom. The number of aliphatic hydroxyl groups is 1. The second kappa shape index (κ2) is 9.12. The number of aryl methyl sites for hydroxylation is 2. The van der Waals surface area contributed by atoms with Gasteiger partial charge in [0.15, 0.2) is 5.60 Å². The molecule has 2 N–H and O–H groups in total. The molecule has 0 fully saturated rings. The fraction of sp³-hybridized carbons (Fsp3) is 0.276. The number of aromatic nitrogens is 1. The van der Waals surface area contributed by atoms with E-state index in [-0.39, 0.29) is 11.8 Å². The zero-order valence-corrected chi connectivity index (χ0v) is 20.7. The molecule has 1 unspecified atom stereocenters. The van der Waals surface area contributed by atoms with Crippen molar-refractivity contribution in [3.63, 3.8) is 0 Å². The molecule has 6 nitrogen and oxygen atoms in total. The molecule has 0 saturated carbocycles. The van der Waals surface area contributed by atoms with Gasteiger partial charge in [0.25, 0.3) is 5.91 Å². The molecular formula is C29H30N2O4. The Morgan fingerprint density at radius 2 is 1.63 bits per heavy atom. The predicted molar refractivity (Wildman–Crippen MR) is 138 cm³/mol. The Bertz CT molecular complexity index is 1450. The van der Waals surface area contributed by atoms with Gasteiger partial charge in [0, 0.05) is 17.5 Å². The summed E-state index contributed by atoms with van der Waals surface area (Å²) in [5, 5.41) is 19.4. The van der Waals surface area contributed by atoms with Crippen molar-refractivity contribution in [3.05, 3.63) is 105 Å². The van der Waals surface area contributed by atoms with Crippen molar-refractivity contribution in [3.8, 4) is 0 Å². The van der Waals surface area contributed by atoms with Gasteiger partial charge in [-0.1, -0.05) is 80.0 Å². The number of hydrogen-bond donors (Lipinski definition) is 2. The second-order valence-corrected chi connectivity index (χ2v) is 10.1. The van der Waals surface area contributed by atoms with E-state index in [0.29, 0.717) is 27.7 Å². The number of carbonyl (C=O) groups is 1. The smallest absolute Gasteiger partial charge is 0.366 e. The van der Waals surface area contributed by atoms with E-state index in [1.807, 2.05) is 55.5 Å². The first-order chi connectivity index (χ1) is 16.5. The molecule has 0 bridgehead atoms. The lowest BCUT2D eigenvalue weighted by molar-refractivity contribution is -0.135. The van der Waals surface area contributed by atoms with E-state index in [4.69, 9.17) is 4.52 Å². The molecule has 35 heavy (non-hydrogen) atoms. The lowest BCUT2D eigenvalue weighted by Crippen LogP contribution is -2.42. The maximum atomic E-state index is 13.6. The van der Waals surface area contributed by atoms with Gasteiger partial charge < -0.3 is 14.9 Å². The first kappa shape index (κ1) is 24.4. The van der Waals surface area contributed by atoms with Gasteiger partial charge >= 0.3 is 5.63 Å². The molecule has 180 valence electrons. The van der Waals surface area contributed by atoms with Crippen LogP contribution in [-0.4, -0.2) is 16.2 Å². The summed E-state index contributed by atoms with van der Waals surface area (Å²) in [4.78, 5) is 25.6. The fourth-order valence-corrected chi connectivity index (χ4v) is 4.22. The van der Waals surface area contributed by atoms with Gasteiger partial charge in [0.05, 0.1) is 11.1 Å². The molecule has 1 heterocycles. The summed E-state index contributed by atoms with van der Waals surface area (Å²) in [5.74, 6) is -0.560. The van der Waals surface area contributed by atoms with Gasteiger partial charge in [-0.15, -0.1) is 0 Å². The molecule has 4 rings (SSSR count). The molecule has 0 aliphatic heterocycles. The van der Waals surface area contributed by atoms with Crippen LogP contribution in [0.2, 0.25) is 0 Å². The number of anilines is 1. The van der Waals surface area contributed by atoms with Gasteiger partial charge in [-0.05, 0) is 54.2 Å². The van der Waals surface area contributed by atoms with Gasteiger partial charge in [-0.25, -0.2) is 4.79 Å². The normalized spacial score (nSPS) is 13.4. The Hall–Kier alpha value is -3.77. The van der Waals surface area contributed by atoms with E-state index < -0.39 is 17.1 Å². The van der Waals surface area contributed by atoms with E-state index in [9.17, 15) is 14.7 Å². The Morgan fingerprint density at radius 3 is 2.29 bits per heavy atom. The zero-order valence-electron chi connectivity index (χ0n) is 20.7. The average molecular weight is 471 g/mol. The molecular weight excluding hydrogens is 440 g/mol. The van der Waals surface area contributed by atoms with Crippen LogP contribution in [0.5, 0.6) is 0 Å². The Balaban J connectivity index is 1.74. The van der Waals surface area contributed by atoms with Crippen LogP contribution in [0, 0.1) is 13.8 Å². The van der Waals surface area contributed by atoms with E-state index >= 15 is 0 Å². The van der Waals surface area contributed by atoms with Crippen LogP contribution in [-0.2, 0) is 22.2 Å². The van der Waals surface area contributed by atoms with Crippen molar-refractivity contribution in [1.29, 1.82) is 0 Å². The van der Waals surface area contributed by atoms with Crippen LogP contribution >= 0.6 is 0 Å². The van der Waals surface area contributed by atoms with Crippen molar-refractivity contribution in [1.82, 2.24) is 5.16 Å². The molecule has 0 aliphatic carbocycles. The third-order valence-electron chi connectivity index (χ3n) is 6.30. The minimum atomic E-state index is -1.82. The van der Waals surface area contributed by atoms with E-state index in [2.05, 4.69) is 31.2 Å². The number of amides is 1. The fourth-order valence-electron chi connectivity index (χ4n) is 4.22. The highest BCUT2D eigenvalue weighted by atomic mass is 16.5. The van der Waals surface area contributed by atoms with Gasteiger partial charge in [-0.3, -0.25) is 4.79 Å². The van der Waals surface area contributed by atoms with Crippen LogP contribution < -0.4 is 10.9 Å². The van der Waals surface area contributed by atoms with Gasteiger partial charge in [0.1, 0.15) is 0 Å². The molecule has 1 amide bonds. The first-order valence-electron chi connectivity index (χ1n) is 11.6. The third-order valence-corrected chi connectivity index (χ3v) is 6.30. The highest BCUT2D eigenvalue weighted by molar-refractivity contribution is 6.00. The maximum absolute atomic E-state index is 13.6. The number of nitrogens with one attached hydrogen (secondary N) is 1. The largest absolute Gasteiger partial charge is 0.375 e. The van der Waals surface area contributed by atoms with Crippen LogP contribution in [0.4, 0.5) is 5.69 Å². The molecule has 4 aromatic rings. The van der Waals surface area contributed by atoms with Crippen molar-refractivity contribution in [2.75, 3.05) is 5.32 Å². The predicted octanol–water partition coefficient (Wildman–Crippen LogP) is 5.17. The van der Waals surface area contributed by atoms with Crippen molar-refractivity contribution >= 4 is 22.4 Å². The molecule has 0 spiro atoms. The topological polar surface area (TPSA) is 92.4 Å². The highest BCUT2D eigenvalue weighted by Crippen LogP contribution is 2.31. The summed E-state index contributed by atoms with van der Waals surface area (Å²) in [6.07, 6.45) is 0.104. The van der Waals surface area contributed by atoms with Gasteiger partial charge in [-0.2, -0.15) is 0 Å². The molecule has 3 aromatic carbocycles. The minimum Gasteiger partial charge on any atom is -0.375 e. The number of hydrogen-bond acceptors (Lipinski definition) is 5. The van der Waals surface area contributed by atoms with Crippen molar-refractivity contribution in [2.24, 2.45) is 0 Å². The SMILES string of the molecule is Cc1cccc(CC(O)(C(=O)Nc2ccc3c(=O)onc(C)c3c2)c2ccc(C(C)(C)C)cc2)c1. The Labute approximate surface area is 204 Å². The molecule has 1 atom stereocenters. The number of carbonyl (C=O) groups excluding carboxylic acids is 1. The standard InChI is InChI=1S/C29H30N2O4/c1-18-7-6-8-20(15-18)17-29(34,22-11-9-21(10-12-22)28(3,4)5)27(33)30-23-13-14-24-25(16-23)19(2)31-35-26(24)32/h6-16,34H,17H2,1-5H3,(H,30,33). The Kier molecular flexibility index (Phi) is 6.34. The maximum Gasteiger partial charge on any atom is 0.366 e. The molecule has 0 saturated heterocycles. The lowest BCUT2D eigenvalue weighted by Gasteiger charge is -2.29. The van der Waals surface area contributed by atoms with Crippen LogP contribution in [0.15, 0.2) is 76.0 Å². The minimum absolute atomic E-state index is 0.0564.